The van der Waals surface area contributed by atoms with Gasteiger partial charge in [0, 0.05) is 22.3 Å². The highest BCUT2D eigenvalue weighted by atomic mass is 79.9. The average molecular weight is 341 g/mol. The van der Waals surface area contributed by atoms with E-state index in [2.05, 4.69) is 34.2 Å². The lowest BCUT2D eigenvalue weighted by atomic mass is 9.83. The molecule has 0 spiro atoms. The summed E-state index contributed by atoms with van der Waals surface area (Å²) >= 11 is 8.63. The Kier molecular flexibility index (Phi) is 4.85. The summed E-state index contributed by atoms with van der Waals surface area (Å²) in [6.07, 6.45) is 6.60. The van der Waals surface area contributed by atoms with Crippen LogP contribution in [0.25, 0.3) is 0 Å². The fourth-order valence-electron chi connectivity index (χ4n) is 2.94. The van der Waals surface area contributed by atoms with Crippen LogP contribution >= 0.6 is 28.1 Å². The van der Waals surface area contributed by atoms with E-state index in [4.69, 9.17) is 18.0 Å². The maximum absolute atomic E-state index is 5.79. The third kappa shape index (κ3) is 3.48. The lowest BCUT2D eigenvalue weighted by molar-refractivity contribution is 0.307. The van der Waals surface area contributed by atoms with Crippen molar-refractivity contribution in [3.05, 3.63) is 28.2 Å². The quantitative estimate of drug-likeness (QED) is 0.776. The number of nitrogens with two attached hydrogens (primary N) is 1. The maximum Gasteiger partial charge on any atom is 0.106 e. The van der Waals surface area contributed by atoms with Crippen molar-refractivity contribution in [3.63, 3.8) is 0 Å². The molecule has 1 fully saturated rings. The summed E-state index contributed by atoms with van der Waals surface area (Å²) in [6, 6.07) is 6.01. The molecule has 0 aliphatic heterocycles. The zero-order valence-corrected chi connectivity index (χ0v) is 13.7. The highest BCUT2D eigenvalue weighted by Gasteiger charge is 2.31. The lowest BCUT2D eigenvalue weighted by Gasteiger charge is -2.28. The van der Waals surface area contributed by atoms with Crippen molar-refractivity contribution in [2.24, 2.45) is 11.1 Å². The smallest absolute Gasteiger partial charge is 0.106 e. The first kappa shape index (κ1) is 14.8. The Morgan fingerprint density at radius 2 is 2.11 bits per heavy atom. The van der Waals surface area contributed by atoms with Gasteiger partial charge in [0.25, 0.3) is 0 Å². The number of anilines is 1. The number of halogens is 1. The number of nitrogens with one attached hydrogen (secondary N) is 1. The third-order valence-corrected chi connectivity index (χ3v) is 5.03. The molecule has 1 aromatic carbocycles. The number of thiocarbonyl (C=S) groups is 1. The van der Waals surface area contributed by atoms with E-state index < -0.39 is 0 Å². The fourth-order valence-corrected chi connectivity index (χ4v) is 3.48. The van der Waals surface area contributed by atoms with Crippen LogP contribution in [0, 0.1) is 5.41 Å². The molecule has 2 rings (SSSR count). The van der Waals surface area contributed by atoms with Crippen LogP contribution in [0.3, 0.4) is 0 Å². The standard InChI is InChI=1S/C15H21BrN2S/c1-2-15(7-3-4-8-15)10-18-13-9-11(16)5-6-12(13)14(17)19/h5-6,9,18H,2-4,7-8,10H2,1H3,(H2,17,19). The lowest BCUT2D eigenvalue weighted by Crippen LogP contribution is -2.27. The average Bonchev–Trinajstić information content (AvgIpc) is 2.85. The number of hydrogen-bond donors (Lipinski definition) is 2. The molecule has 1 aliphatic carbocycles. The predicted octanol–water partition coefficient (Wildman–Crippen LogP) is 4.47. The van der Waals surface area contributed by atoms with Gasteiger partial charge in [0.2, 0.25) is 0 Å². The molecule has 0 unspecified atom stereocenters. The van der Waals surface area contributed by atoms with Crippen LogP contribution in [0.2, 0.25) is 0 Å². The summed E-state index contributed by atoms with van der Waals surface area (Å²) in [5.74, 6) is 0. The molecule has 0 radical (unpaired) electrons. The minimum absolute atomic E-state index is 0.451. The van der Waals surface area contributed by atoms with Gasteiger partial charge in [0.1, 0.15) is 4.99 Å². The van der Waals surface area contributed by atoms with Gasteiger partial charge in [0.05, 0.1) is 0 Å². The van der Waals surface area contributed by atoms with Crippen molar-refractivity contribution >= 4 is 38.8 Å². The Morgan fingerprint density at radius 3 is 2.68 bits per heavy atom. The molecule has 4 heteroatoms. The Labute approximate surface area is 129 Å². The SMILES string of the molecule is CCC1(CNc2cc(Br)ccc2C(N)=S)CCCC1. The van der Waals surface area contributed by atoms with Crippen LogP contribution in [-0.2, 0) is 0 Å². The van der Waals surface area contributed by atoms with Gasteiger partial charge in [-0.1, -0.05) is 47.9 Å². The van der Waals surface area contributed by atoms with Gasteiger partial charge in [-0.2, -0.15) is 0 Å². The molecular formula is C15H21BrN2S. The van der Waals surface area contributed by atoms with E-state index in [0.717, 1.165) is 22.3 Å². The first-order valence-electron chi connectivity index (χ1n) is 6.89. The van der Waals surface area contributed by atoms with E-state index in [1.807, 2.05) is 12.1 Å². The van der Waals surface area contributed by atoms with E-state index in [-0.39, 0.29) is 0 Å². The van der Waals surface area contributed by atoms with Gasteiger partial charge in [-0.25, -0.2) is 0 Å². The van der Waals surface area contributed by atoms with Crippen molar-refractivity contribution in [2.45, 2.75) is 39.0 Å². The molecule has 1 aliphatic rings. The molecule has 1 saturated carbocycles. The largest absolute Gasteiger partial charge is 0.389 e. The maximum atomic E-state index is 5.79. The topological polar surface area (TPSA) is 38.0 Å². The van der Waals surface area contributed by atoms with Crippen molar-refractivity contribution in [1.82, 2.24) is 0 Å². The van der Waals surface area contributed by atoms with Gasteiger partial charge in [-0.3, -0.25) is 0 Å². The molecule has 104 valence electrons. The van der Waals surface area contributed by atoms with Crippen LogP contribution in [0.1, 0.15) is 44.6 Å². The summed E-state index contributed by atoms with van der Waals surface area (Å²) in [4.78, 5) is 0.451. The molecule has 0 heterocycles. The van der Waals surface area contributed by atoms with Crippen molar-refractivity contribution in [1.29, 1.82) is 0 Å². The highest BCUT2D eigenvalue weighted by molar-refractivity contribution is 9.10. The Bertz CT molecular complexity index is 467. The first-order chi connectivity index (χ1) is 9.06. The Hall–Kier alpha value is -0.610. The number of hydrogen-bond acceptors (Lipinski definition) is 2. The van der Waals surface area contributed by atoms with Crippen LogP contribution in [0.5, 0.6) is 0 Å². The molecule has 1 aromatic rings. The van der Waals surface area contributed by atoms with Gasteiger partial charge >= 0.3 is 0 Å². The normalized spacial score (nSPS) is 17.4. The summed E-state index contributed by atoms with van der Waals surface area (Å²) in [6.45, 7) is 3.30. The molecule has 3 N–H and O–H groups in total. The molecule has 0 aromatic heterocycles. The first-order valence-corrected chi connectivity index (χ1v) is 8.10. The Balaban J connectivity index is 2.14. The second-order valence-corrected chi connectivity index (χ2v) is 6.82. The van der Waals surface area contributed by atoms with Crippen molar-refractivity contribution in [3.8, 4) is 0 Å². The van der Waals surface area contributed by atoms with Gasteiger partial charge in [-0.05, 0) is 42.9 Å². The second-order valence-electron chi connectivity index (χ2n) is 5.47. The van der Waals surface area contributed by atoms with E-state index in [1.54, 1.807) is 0 Å². The molecule has 0 amide bonds. The summed E-state index contributed by atoms with van der Waals surface area (Å²) in [5.41, 5.74) is 8.22. The monoisotopic (exact) mass is 340 g/mol. The van der Waals surface area contributed by atoms with Crippen LogP contribution in [0.15, 0.2) is 22.7 Å². The van der Waals surface area contributed by atoms with Gasteiger partial charge < -0.3 is 11.1 Å². The minimum atomic E-state index is 0.451. The number of benzene rings is 1. The van der Waals surface area contributed by atoms with E-state index in [1.165, 1.54) is 32.1 Å². The Morgan fingerprint density at radius 1 is 1.42 bits per heavy atom. The molecule has 2 nitrogen and oxygen atoms in total. The summed E-state index contributed by atoms with van der Waals surface area (Å²) in [7, 11) is 0. The van der Waals surface area contributed by atoms with Crippen molar-refractivity contribution in [2.75, 3.05) is 11.9 Å². The van der Waals surface area contributed by atoms with Crippen LogP contribution in [-0.4, -0.2) is 11.5 Å². The minimum Gasteiger partial charge on any atom is -0.389 e. The van der Waals surface area contributed by atoms with Crippen LogP contribution in [0.4, 0.5) is 5.69 Å². The second kappa shape index (κ2) is 6.23. The van der Waals surface area contributed by atoms with E-state index >= 15 is 0 Å². The van der Waals surface area contributed by atoms with Crippen molar-refractivity contribution < 1.29 is 0 Å². The van der Waals surface area contributed by atoms with E-state index in [0.29, 0.717) is 10.4 Å². The summed E-state index contributed by atoms with van der Waals surface area (Å²) in [5, 5.41) is 3.57. The van der Waals surface area contributed by atoms with Gasteiger partial charge in [0.15, 0.2) is 0 Å². The third-order valence-electron chi connectivity index (χ3n) is 4.32. The molecule has 0 saturated heterocycles. The molecule has 0 atom stereocenters. The van der Waals surface area contributed by atoms with Gasteiger partial charge in [-0.15, -0.1) is 0 Å². The van der Waals surface area contributed by atoms with E-state index in [9.17, 15) is 0 Å². The molecule has 0 bridgehead atoms. The zero-order chi connectivity index (χ0) is 13.9. The predicted molar refractivity (Wildman–Crippen MR) is 89.7 cm³/mol. The zero-order valence-electron chi connectivity index (χ0n) is 11.3. The highest BCUT2D eigenvalue weighted by Crippen LogP contribution is 2.41. The fraction of sp³-hybridized carbons (Fsp3) is 0.533. The summed E-state index contributed by atoms with van der Waals surface area (Å²) < 4.78 is 1.05. The number of rotatable bonds is 5. The molecular weight excluding hydrogens is 320 g/mol. The molecule has 19 heavy (non-hydrogen) atoms. The van der Waals surface area contributed by atoms with Crippen LogP contribution < -0.4 is 11.1 Å².